The van der Waals surface area contributed by atoms with E-state index in [1.54, 1.807) is 4.90 Å². The highest BCUT2D eigenvalue weighted by Crippen LogP contribution is 2.24. The van der Waals surface area contributed by atoms with Gasteiger partial charge in [0.1, 0.15) is 5.76 Å². The average molecular weight is 310 g/mol. The Balaban J connectivity index is 1.82. The van der Waals surface area contributed by atoms with Gasteiger partial charge in [-0.05, 0) is 55.9 Å². The van der Waals surface area contributed by atoms with E-state index in [2.05, 4.69) is 29.9 Å². The molecule has 2 aromatic rings. The van der Waals surface area contributed by atoms with Crippen LogP contribution in [0.2, 0.25) is 0 Å². The van der Waals surface area contributed by atoms with Crippen LogP contribution in [-0.4, -0.2) is 16.0 Å². The number of nitrogens with zero attached hydrogens (tertiary/aromatic N) is 2. The maximum atomic E-state index is 12.3. The monoisotopic (exact) mass is 310 g/mol. The molecule has 3 rings (SSSR count). The molecular weight excluding hydrogens is 288 g/mol. The third kappa shape index (κ3) is 3.21. The molecule has 0 saturated heterocycles. The minimum absolute atomic E-state index is 0.0782. The molecular formula is C19H22N2O2. The molecule has 0 saturated carbocycles. The van der Waals surface area contributed by atoms with E-state index >= 15 is 0 Å². The van der Waals surface area contributed by atoms with Crippen molar-refractivity contribution in [2.24, 2.45) is 0 Å². The molecule has 4 nitrogen and oxygen atoms in total. The van der Waals surface area contributed by atoms with Crippen molar-refractivity contribution in [3.63, 3.8) is 0 Å². The summed E-state index contributed by atoms with van der Waals surface area (Å²) in [6, 6.07) is 6.56. The topological polar surface area (TPSA) is 46.3 Å². The first-order chi connectivity index (χ1) is 11.1. The highest BCUT2D eigenvalue weighted by Gasteiger charge is 2.18. The van der Waals surface area contributed by atoms with Crippen LogP contribution in [0, 0.1) is 13.8 Å². The number of fused-ring (bicyclic) bond motifs is 1. The third-order valence-electron chi connectivity index (χ3n) is 4.55. The molecule has 0 unspecified atom stereocenters. The minimum atomic E-state index is -0.0782. The summed E-state index contributed by atoms with van der Waals surface area (Å²) in [5.74, 6) is 0.684. The van der Waals surface area contributed by atoms with E-state index in [4.69, 9.17) is 4.52 Å². The van der Waals surface area contributed by atoms with Gasteiger partial charge < -0.3 is 9.42 Å². The molecule has 1 aromatic carbocycles. The number of hydrogen-bond donors (Lipinski definition) is 0. The van der Waals surface area contributed by atoms with Crippen LogP contribution in [0.4, 0.5) is 0 Å². The van der Waals surface area contributed by atoms with Crippen LogP contribution >= 0.6 is 0 Å². The molecule has 0 fully saturated rings. The van der Waals surface area contributed by atoms with Gasteiger partial charge in [-0.15, -0.1) is 0 Å². The second-order valence-electron chi connectivity index (χ2n) is 6.16. The number of aryl methyl sites for hydroxylation is 4. The molecule has 1 aliphatic carbocycles. The first-order valence-corrected chi connectivity index (χ1v) is 8.02. The van der Waals surface area contributed by atoms with E-state index in [9.17, 15) is 4.79 Å². The Morgan fingerprint density at radius 1 is 1.30 bits per heavy atom. The Labute approximate surface area is 136 Å². The molecule has 1 aliphatic rings. The number of rotatable bonds is 5. The first kappa shape index (κ1) is 15.5. The van der Waals surface area contributed by atoms with Gasteiger partial charge in [-0.1, -0.05) is 29.9 Å². The highest BCUT2D eigenvalue weighted by atomic mass is 16.5. The van der Waals surface area contributed by atoms with Gasteiger partial charge in [0.05, 0.1) is 12.2 Å². The van der Waals surface area contributed by atoms with Gasteiger partial charge in [-0.2, -0.15) is 0 Å². The van der Waals surface area contributed by atoms with E-state index in [1.807, 2.05) is 13.8 Å². The van der Waals surface area contributed by atoms with Crippen molar-refractivity contribution in [2.45, 2.75) is 46.2 Å². The second-order valence-corrected chi connectivity index (χ2v) is 6.16. The summed E-state index contributed by atoms with van der Waals surface area (Å²) < 4.78 is 5.21. The van der Waals surface area contributed by atoms with E-state index in [0.29, 0.717) is 13.1 Å². The third-order valence-corrected chi connectivity index (χ3v) is 4.55. The van der Waals surface area contributed by atoms with Crippen molar-refractivity contribution < 1.29 is 9.32 Å². The Hall–Kier alpha value is -2.36. The molecule has 23 heavy (non-hydrogen) atoms. The summed E-state index contributed by atoms with van der Waals surface area (Å²) in [4.78, 5) is 14.0. The van der Waals surface area contributed by atoms with Crippen LogP contribution in [0.1, 0.15) is 40.1 Å². The Bertz CT molecular complexity index is 726. The number of carbonyl (C=O) groups excluding carboxylic acids is 1. The first-order valence-electron chi connectivity index (χ1n) is 8.02. The molecule has 1 heterocycles. The van der Waals surface area contributed by atoms with Crippen molar-refractivity contribution in [1.82, 2.24) is 10.1 Å². The van der Waals surface area contributed by atoms with Gasteiger partial charge >= 0.3 is 0 Å². The Kier molecular flexibility index (Phi) is 4.33. The maximum absolute atomic E-state index is 12.3. The fourth-order valence-corrected chi connectivity index (χ4v) is 3.20. The van der Waals surface area contributed by atoms with Crippen LogP contribution in [0.3, 0.4) is 0 Å². The summed E-state index contributed by atoms with van der Waals surface area (Å²) in [5.41, 5.74) is 5.83. The maximum Gasteiger partial charge on any atom is 0.246 e. The summed E-state index contributed by atoms with van der Waals surface area (Å²) >= 11 is 0. The second kappa shape index (κ2) is 6.41. The fourth-order valence-electron chi connectivity index (χ4n) is 3.20. The molecule has 0 radical (unpaired) electrons. The Morgan fingerprint density at radius 2 is 2.09 bits per heavy atom. The van der Waals surface area contributed by atoms with E-state index in [-0.39, 0.29) is 5.91 Å². The van der Waals surface area contributed by atoms with Gasteiger partial charge in [0, 0.05) is 12.1 Å². The van der Waals surface area contributed by atoms with Crippen LogP contribution in [-0.2, 0) is 30.7 Å². The summed E-state index contributed by atoms with van der Waals surface area (Å²) in [5, 5.41) is 3.97. The van der Waals surface area contributed by atoms with Crippen LogP contribution in [0.5, 0.6) is 0 Å². The lowest BCUT2D eigenvalue weighted by Gasteiger charge is -2.21. The largest absolute Gasteiger partial charge is 0.361 e. The zero-order valence-corrected chi connectivity index (χ0v) is 13.8. The molecule has 120 valence electrons. The van der Waals surface area contributed by atoms with Crippen molar-refractivity contribution >= 4 is 5.91 Å². The molecule has 1 amide bonds. The number of aromatic nitrogens is 1. The van der Waals surface area contributed by atoms with Gasteiger partial charge in [-0.25, -0.2) is 0 Å². The minimum Gasteiger partial charge on any atom is -0.361 e. The predicted octanol–water partition coefficient (Wildman–Crippen LogP) is 3.49. The van der Waals surface area contributed by atoms with E-state index in [0.717, 1.165) is 29.0 Å². The Morgan fingerprint density at radius 3 is 2.78 bits per heavy atom. The SMILES string of the molecule is C=CC(=O)N(Cc1ccc2c(c1)CCC2)Cc1c(C)noc1C. The average Bonchev–Trinajstić information content (AvgIpc) is 3.14. The number of amides is 1. The molecule has 0 spiro atoms. The fraction of sp³-hybridized carbons (Fsp3) is 0.368. The number of carbonyl (C=O) groups is 1. The van der Waals surface area contributed by atoms with Gasteiger partial charge in [0.15, 0.2) is 0 Å². The van der Waals surface area contributed by atoms with Crippen LogP contribution < -0.4 is 0 Å². The summed E-state index contributed by atoms with van der Waals surface area (Å²) in [6.07, 6.45) is 4.91. The van der Waals surface area contributed by atoms with Gasteiger partial charge in [-0.3, -0.25) is 4.79 Å². The van der Waals surface area contributed by atoms with Crippen molar-refractivity contribution in [3.8, 4) is 0 Å². The molecule has 0 N–H and O–H groups in total. The predicted molar refractivity (Wildman–Crippen MR) is 88.9 cm³/mol. The van der Waals surface area contributed by atoms with Crippen molar-refractivity contribution in [3.05, 3.63) is 64.6 Å². The molecule has 4 heteroatoms. The zero-order valence-electron chi connectivity index (χ0n) is 13.8. The molecule has 0 bridgehead atoms. The quantitative estimate of drug-likeness (QED) is 0.794. The lowest BCUT2D eigenvalue weighted by atomic mass is 10.1. The molecule has 1 aromatic heterocycles. The number of benzene rings is 1. The lowest BCUT2D eigenvalue weighted by Crippen LogP contribution is -2.28. The van der Waals surface area contributed by atoms with Crippen LogP contribution in [0.15, 0.2) is 35.4 Å². The zero-order chi connectivity index (χ0) is 16.4. The van der Waals surface area contributed by atoms with Gasteiger partial charge in [0.25, 0.3) is 0 Å². The lowest BCUT2D eigenvalue weighted by molar-refractivity contribution is -0.127. The molecule has 0 aliphatic heterocycles. The highest BCUT2D eigenvalue weighted by molar-refractivity contribution is 5.87. The van der Waals surface area contributed by atoms with Gasteiger partial charge in [0.2, 0.25) is 5.91 Å². The standard InChI is InChI=1S/C19H22N2O2/c1-4-19(22)21(12-18-13(2)20-23-14(18)3)11-15-8-9-16-6-5-7-17(16)10-15/h4,8-10H,1,5-7,11-12H2,2-3H3. The van der Waals surface area contributed by atoms with Crippen molar-refractivity contribution in [1.29, 1.82) is 0 Å². The number of hydrogen-bond acceptors (Lipinski definition) is 3. The molecule has 0 atom stereocenters. The van der Waals surface area contributed by atoms with Crippen molar-refractivity contribution in [2.75, 3.05) is 0 Å². The normalized spacial score (nSPS) is 13.0. The van der Waals surface area contributed by atoms with E-state index < -0.39 is 0 Å². The van der Waals surface area contributed by atoms with E-state index in [1.165, 1.54) is 30.0 Å². The summed E-state index contributed by atoms with van der Waals surface area (Å²) in [7, 11) is 0. The van der Waals surface area contributed by atoms with Crippen LogP contribution in [0.25, 0.3) is 0 Å². The summed E-state index contributed by atoms with van der Waals surface area (Å²) in [6.45, 7) is 8.46. The smallest absolute Gasteiger partial charge is 0.246 e.